The van der Waals surface area contributed by atoms with Crippen molar-refractivity contribution in [1.29, 1.82) is 0 Å². The molecular weight excluding hydrogens is 364 g/mol. The largest absolute Gasteiger partial charge is 0.497 e. The van der Waals surface area contributed by atoms with Gasteiger partial charge in [-0.15, -0.1) is 0 Å². The number of hydrogen-bond donors (Lipinski definition) is 2. The molecule has 3 rings (SSSR count). The molecule has 0 spiro atoms. The minimum Gasteiger partial charge on any atom is -0.497 e. The number of carbonyl (C=O) groups excluding carboxylic acids is 1. The minimum atomic E-state index is -0.277. The van der Waals surface area contributed by atoms with Crippen LogP contribution in [0.15, 0.2) is 77.9 Å². The van der Waals surface area contributed by atoms with Crippen LogP contribution in [-0.4, -0.2) is 24.0 Å². The second-order valence-corrected chi connectivity index (χ2v) is 6.35. The number of aliphatic imine (C=N–C) groups is 1. The summed E-state index contributed by atoms with van der Waals surface area (Å²) in [6.07, 6.45) is 2.68. The number of pyridine rings is 1. The van der Waals surface area contributed by atoms with Crippen LogP contribution in [0.2, 0.25) is 0 Å². The summed E-state index contributed by atoms with van der Waals surface area (Å²) < 4.78 is 5.20. The highest BCUT2D eigenvalue weighted by molar-refractivity contribution is 6.10. The molecule has 0 aliphatic rings. The van der Waals surface area contributed by atoms with E-state index in [1.54, 1.807) is 37.6 Å². The predicted octanol–water partition coefficient (Wildman–Crippen LogP) is 4.05. The fraction of sp³-hybridized carbons (Fsp3) is 0.174. The van der Waals surface area contributed by atoms with Crippen molar-refractivity contribution in [3.63, 3.8) is 0 Å². The first-order chi connectivity index (χ1) is 14.2. The topological polar surface area (TPSA) is 75.6 Å². The molecule has 2 aromatic carbocycles. The number of amides is 1. The second-order valence-electron chi connectivity index (χ2n) is 6.35. The molecule has 0 fully saturated rings. The third-order valence-electron chi connectivity index (χ3n) is 4.31. The number of carbonyl (C=O) groups is 1. The highest BCUT2D eigenvalue weighted by atomic mass is 16.5. The van der Waals surface area contributed by atoms with Crippen molar-refractivity contribution < 1.29 is 9.53 Å². The molecule has 3 aromatic rings. The molecule has 0 saturated carbocycles. The van der Waals surface area contributed by atoms with Crippen LogP contribution in [0.3, 0.4) is 0 Å². The average Bonchev–Trinajstić information content (AvgIpc) is 2.78. The van der Waals surface area contributed by atoms with Crippen LogP contribution < -0.4 is 15.4 Å². The normalized spacial score (nSPS) is 11.0. The van der Waals surface area contributed by atoms with Crippen molar-refractivity contribution in [2.24, 2.45) is 4.99 Å². The Morgan fingerprint density at radius 2 is 1.90 bits per heavy atom. The number of hydrogen-bond acceptors (Lipinski definition) is 4. The first kappa shape index (κ1) is 20.1. The fourth-order valence-electron chi connectivity index (χ4n) is 2.67. The van der Waals surface area contributed by atoms with Gasteiger partial charge in [-0.3, -0.25) is 15.1 Å². The van der Waals surface area contributed by atoms with Gasteiger partial charge in [-0.05, 0) is 54.4 Å². The molecule has 0 bridgehead atoms. The van der Waals surface area contributed by atoms with E-state index < -0.39 is 0 Å². The lowest BCUT2D eigenvalue weighted by Gasteiger charge is -2.13. The number of methoxy groups -OCH3 is 1. The molecule has 0 unspecified atom stereocenters. The van der Waals surface area contributed by atoms with Gasteiger partial charge in [0.2, 0.25) is 5.96 Å². The highest BCUT2D eigenvalue weighted by Gasteiger charge is 2.10. The third-order valence-corrected chi connectivity index (χ3v) is 4.31. The van der Waals surface area contributed by atoms with E-state index >= 15 is 0 Å². The molecule has 6 nitrogen and oxygen atoms in total. The van der Waals surface area contributed by atoms with E-state index in [1.165, 1.54) is 5.56 Å². The van der Waals surface area contributed by atoms with Gasteiger partial charge < -0.3 is 10.1 Å². The maximum Gasteiger partial charge on any atom is 0.258 e. The second kappa shape index (κ2) is 10.0. The number of benzene rings is 2. The maximum atomic E-state index is 12.7. The molecule has 148 valence electrons. The first-order valence-corrected chi connectivity index (χ1v) is 9.43. The lowest BCUT2D eigenvalue weighted by atomic mass is 10.1. The van der Waals surface area contributed by atoms with Crippen LogP contribution in [0.25, 0.3) is 0 Å². The standard InChI is InChI=1S/C23H24N4O2/c1-3-17-10-12-19(13-11-17)26-23(25-16-20-8-4-5-14-24-20)27-22(28)18-7-6-9-21(15-18)29-2/h4-15H,3,16H2,1-2H3,(H2,25,26,27,28). The van der Waals surface area contributed by atoms with Gasteiger partial charge in [0, 0.05) is 17.4 Å². The van der Waals surface area contributed by atoms with E-state index in [2.05, 4.69) is 27.5 Å². The number of nitrogens with one attached hydrogen (secondary N) is 2. The summed E-state index contributed by atoms with van der Waals surface area (Å²) in [5, 5.41) is 6.04. The summed E-state index contributed by atoms with van der Waals surface area (Å²) in [6.45, 7) is 2.45. The number of aromatic nitrogens is 1. The van der Waals surface area contributed by atoms with Crippen molar-refractivity contribution in [2.75, 3.05) is 12.4 Å². The molecule has 0 saturated heterocycles. The van der Waals surface area contributed by atoms with Gasteiger partial charge >= 0.3 is 0 Å². The smallest absolute Gasteiger partial charge is 0.258 e. The van der Waals surface area contributed by atoms with E-state index in [0.717, 1.165) is 17.8 Å². The van der Waals surface area contributed by atoms with Crippen molar-refractivity contribution in [2.45, 2.75) is 19.9 Å². The number of rotatable bonds is 6. The minimum absolute atomic E-state index is 0.277. The number of anilines is 1. The van der Waals surface area contributed by atoms with Crippen molar-refractivity contribution in [1.82, 2.24) is 10.3 Å². The zero-order valence-corrected chi connectivity index (χ0v) is 16.6. The molecule has 1 aromatic heterocycles. The fourth-order valence-corrected chi connectivity index (χ4v) is 2.67. The molecule has 2 N–H and O–H groups in total. The van der Waals surface area contributed by atoms with Crippen molar-refractivity contribution >= 4 is 17.6 Å². The van der Waals surface area contributed by atoms with Gasteiger partial charge in [-0.25, -0.2) is 4.99 Å². The van der Waals surface area contributed by atoms with E-state index in [9.17, 15) is 4.79 Å². The van der Waals surface area contributed by atoms with Crippen molar-refractivity contribution in [3.8, 4) is 5.75 Å². The van der Waals surface area contributed by atoms with Crippen LogP contribution in [0.1, 0.15) is 28.5 Å². The van der Waals surface area contributed by atoms with Gasteiger partial charge in [0.15, 0.2) is 0 Å². The molecular formula is C23H24N4O2. The van der Waals surface area contributed by atoms with Crippen LogP contribution in [-0.2, 0) is 13.0 Å². The van der Waals surface area contributed by atoms with E-state index in [-0.39, 0.29) is 5.91 Å². The van der Waals surface area contributed by atoms with Gasteiger partial charge in [0.1, 0.15) is 5.75 Å². The summed E-state index contributed by atoms with van der Waals surface area (Å²) >= 11 is 0. The Kier molecular flexibility index (Phi) is 6.95. The Balaban J connectivity index is 1.79. The van der Waals surface area contributed by atoms with Crippen LogP contribution in [0.4, 0.5) is 5.69 Å². The van der Waals surface area contributed by atoms with E-state index in [4.69, 9.17) is 4.74 Å². The quantitative estimate of drug-likeness (QED) is 0.493. The summed E-state index contributed by atoms with van der Waals surface area (Å²) in [5.74, 6) is 0.696. The lowest BCUT2D eigenvalue weighted by Crippen LogP contribution is -2.36. The van der Waals surface area contributed by atoms with Crippen LogP contribution in [0.5, 0.6) is 5.75 Å². The molecule has 0 aliphatic heterocycles. The Labute approximate surface area is 170 Å². The van der Waals surface area contributed by atoms with Gasteiger partial charge in [-0.1, -0.05) is 31.2 Å². The molecule has 0 radical (unpaired) electrons. The summed E-state index contributed by atoms with van der Waals surface area (Å²) in [6, 6.07) is 20.6. The Bertz CT molecular complexity index is 970. The molecule has 29 heavy (non-hydrogen) atoms. The average molecular weight is 388 g/mol. The molecule has 1 heterocycles. The lowest BCUT2D eigenvalue weighted by molar-refractivity contribution is 0.0976. The Morgan fingerprint density at radius 1 is 1.07 bits per heavy atom. The van der Waals surface area contributed by atoms with Crippen LogP contribution >= 0.6 is 0 Å². The van der Waals surface area contributed by atoms with Gasteiger partial charge in [0.05, 0.1) is 19.3 Å². The summed E-state index contributed by atoms with van der Waals surface area (Å²) in [4.78, 5) is 21.5. The monoisotopic (exact) mass is 388 g/mol. The van der Waals surface area contributed by atoms with Crippen molar-refractivity contribution in [3.05, 3.63) is 89.7 Å². The number of ether oxygens (including phenoxy) is 1. The molecule has 1 amide bonds. The zero-order valence-electron chi connectivity index (χ0n) is 16.6. The van der Waals surface area contributed by atoms with Gasteiger partial charge in [-0.2, -0.15) is 0 Å². The molecule has 0 aliphatic carbocycles. The molecule has 0 atom stereocenters. The Hall–Kier alpha value is -3.67. The summed E-state index contributed by atoms with van der Waals surface area (Å²) in [5.41, 5.74) is 3.37. The van der Waals surface area contributed by atoms with Crippen LogP contribution in [0, 0.1) is 0 Å². The van der Waals surface area contributed by atoms with E-state index in [1.807, 2.05) is 42.5 Å². The zero-order chi connectivity index (χ0) is 20.5. The number of guanidine groups is 1. The third kappa shape index (κ3) is 5.90. The predicted molar refractivity (Wildman–Crippen MR) is 115 cm³/mol. The van der Waals surface area contributed by atoms with Gasteiger partial charge in [0.25, 0.3) is 5.91 Å². The molecule has 6 heteroatoms. The first-order valence-electron chi connectivity index (χ1n) is 9.43. The number of nitrogens with zero attached hydrogens (tertiary/aromatic N) is 2. The Morgan fingerprint density at radius 3 is 2.59 bits per heavy atom. The number of aryl methyl sites for hydroxylation is 1. The summed E-state index contributed by atoms with van der Waals surface area (Å²) in [7, 11) is 1.57. The highest BCUT2D eigenvalue weighted by Crippen LogP contribution is 2.13. The maximum absolute atomic E-state index is 12.7. The SMILES string of the molecule is CCc1ccc(NC(=NCc2ccccn2)NC(=O)c2cccc(OC)c2)cc1. The van der Waals surface area contributed by atoms with E-state index in [0.29, 0.717) is 23.8 Å².